The summed E-state index contributed by atoms with van der Waals surface area (Å²) in [5.74, 6) is 0.297. The van der Waals surface area contributed by atoms with Crippen molar-refractivity contribution < 1.29 is 4.79 Å². The van der Waals surface area contributed by atoms with Crippen LogP contribution < -0.4 is 11.1 Å². The number of anilines is 2. The number of ketones is 1. The molecule has 0 radical (unpaired) electrons. The van der Waals surface area contributed by atoms with Crippen molar-refractivity contribution in [1.82, 2.24) is 0 Å². The fourth-order valence-electron chi connectivity index (χ4n) is 2.73. The van der Waals surface area contributed by atoms with Gasteiger partial charge in [-0.2, -0.15) is 0 Å². The van der Waals surface area contributed by atoms with E-state index in [4.69, 9.17) is 17.3 Å². The number of benzene rings is 2. The first-order chi connectivity index (χ1) is 10.6. The summed E-state index contributed by atoms with van der Waals surface area (Å²) in [5.41, 5.74) is 9.48. The Kier molecular flexibility index (Phi) is 4.16. The minimum Gasteiger partial charge on any atom is -0.397 e. The van der Waals surface area contributed by atoms with Crippen molar-refractivity contribution in [3.63, 3.8) is 0 Å². The maximum atomic E-state index is 12.0. The second-order valence-electron chi connectivity index (χ2n) is 5.50. The van der Waals surface area contributed by atoms with Crippen LogP contribution in [0.2, 0.25) is 5.02 Å². The molecule has 1 atom stereocenters. The van der Waals surface area contributed by atoms with E-state index < -0.39 is 0 Å². The molecular weight excluding hydrogens is 296 g/mol. The highest BCUT2D eigenvalue weighted by Crippen LogP contribution is 2.33. The molecule has 4 heteroatoms. The lowest BCUT2D eigenvalue weighted by molar-refractivity contribution is -0.115. The smallest absolute Gasteiger partial charge is 0.158 e. The van der Waals surface area contributed by atoms with Gasteiger partial charge in [0.1, 0.15) is 0 Å². The van der Waals surface area contributed by atoms with Gasteiger partial charge in [0.2, 0.25) is 0 Å². The summed E-state index contributed by atoms with van der Waals surface area (Å²) in [6.45, 7) is 0. The van der Waals surface area contributed by atoms with Crippen molar-refractivity contribution in [3.8, 4) is 0 Å². The van der Waals surface area contributed by atoms with E-state index in [9.17, 15) is 4.79 Å². The molecular formula is C18H17ClN2O. The molecule has 2 aromatic carbocycles. The summed E-state index contributed by atoms with van der Waals surface area (Å²) in [6.07, 6.45) is 2.98. The Labute approximate surface area is 134 Å². The molecule has 1 aliphatic rings. The third kappa shape index (κ3) is 3.31. The fourth-order valence-corrected chi connectivity index (χ4v) is 2.86. The van der Waals surface area contributed by atoms with Crippen LogP contribution in [0.1, 0.15) is 24.3 Å². The van der Waals surface area contributed by atoms with Gasteiger partial charge >= 0.3 is 0 Å². The lowest BCUT2D eigenvalue weighted by Crippen LogP contribution is -2.17. The van der Waals surface area contributed by atoms with E-state index >= 15 is 0 Å². The molecule has 22 heavy (non-hydrogen) atoms. The Balaban J connectivity index is 1.80. The van der Waals surface area contributed by atoms with Gasteiger partial charge in [-0.3, -0.25) is 4.79 Å². The molecule has 112 valence electrons. The van der Waals surface area contributed by atoms with Crippen molar-refractivity contribution in [1.29, 1.82) is 0 Å². The Morgan fingerprint density at radius 2 is 1.77 bits per heavy atom. The molecule has 0 bridgehead atoms. The average Bonchev–Trinajstić information content (AvgIpc) is 2.50. The standard InChI is InChI=1S/C18H17ClN2O/c19-14-7-5-12(6-8-14)13-9-15(11-16(22)10-13)21-18-4-2-1-3-17(18)20/h1-8,11,13,21H,9-10,20H2. The van der Waals surface area contributed by atoms with Gasteiger partial charge in [0.15, 0.2) is 5.78 Å². The van der Waals surface area contributed by atoms with Crippen LogP contribution in [0.15, 0.2) is 60.3 Å². The van der Waals surface area contributed by atoms with E-state index in [0.29, 0.717) is 17.1 Å². The first-order valence-corrected chi connectivity index (χ1v) is 7.60. The zero-order valence-electron chi connectivity index (χ0n) is 12.1. The number of carbonyl (C=O) groups is 1. The quantitative estimate of drug-likeness (QED) is 0.828. The minimum atomic E-state index is 0.128. The molecule has 0 aromatic heterocycles. The van der Waals surface area contributed by atoms with Crippen molar-refractivity contribution in [2.24, 2.45) is 0 Å². The zero-order valence-corrected chi connectivity index (χ0v) is 12.8. The van der Waals surface area contributed by atoms with Gasteiger partial charge < -0.3 is 11.1 Å². The van der Waals surface area contributed by atoms with Gasteiger partial charge in [-0.25, -0.2) is 0 Å². The maximum Gasteiger partial charge on any atom is 0.158 e. The second kappa shape index (κ2) is 6.24. The summed E-state index contributed by atoms with van der Waals surface area (Å²) in [5, 5.41) is 3.99. The molecule has 1 unspecified atom stereocenters. The minimum absolute atomic E-state index is 0.128. The van der Waals surface area contributed by atoms with E-state index in [1.165, 1.54) is 0 Å². The van der Waals surface area contributed by atoms with E-state index in [1.807, 2.05) is 48.5 Å². The molecule has 0 aliphatic heterocycles. The summed E-state index contributed by atoms with van der Waals surface area (Å²) in [6, 6.07) is 15.2. The number of nitrogens with one attached hydrogen (secondary N) is 1. The molecule has 0 spiro atoms. The number of hydrogen-bond donors (Lipinski definition) is 2. The SMILES string of the molecule is Nc1ccccc1NC1=CC(=O)CC(c2ccc(Cl)cc2)C1. The molecule has 3 nitrogen and oxygen atoms in total. The molecule has 2 aromatic rings. The highest BCUT2D eigenvalue weighted by molar-refractivity contribution is 6.30. The number of nitrogens with two attached hydrogens (primary N) is 1. The van der Waals surface area contributed by atoms with Crippen molar-refractivity contribution in [3.05, 3.63) is 70.9 Å². The fraction of sp³-hybridized carbons (Fsp3) is 0.167. The molecule has 0 heterocycles. The Morgan fingerprint density at radius 1 is 1.05 bits per heavy atom. The summed E-state index contributed by atoms with van der Waals surface area (Å²) < 4.78 is 0. The third-order valence-electron chi connectivity index (χ3n) is 3.85. The van der Waals surface area contributed by atoms with Crippen LogP contribution in [0.25, 0.3) is 0 Å². The van der Waals surface area contributed by atoms with Crippen LogP contribution in [0, 0.1) is 0 Å². The Morgan fingerprint density at radius 3 is 2.50 bits per heavy atom. The summed E-state index contributed by atoms with van der Waals surface area (Å²) in [7, 11) is 0. The lowest BCUT2D eigenvalue weighted by Gasteiger charge is -2.24. The molecule has 0 amide bonds. The number of carbonyl (C=O) groups excluding carboxylic acids is 1. The highest BCUT2D eigenvalue weighted by atomic mass is 35.5. The van der Waals surface area contributed by atoms with Crippen molar-refractivity contribution in [2.75, 3.05) is 11.1 Å². The van der Waals surface area contributed by atoms with Crippen LogP contribution in [0.3, 0.4) is 0 Å². The van der Waals surface area contributed by atoms with Gasteiger partial charge in [0.25, 0.3) is 0 Å². The van der Waals surface area contributed by atoms with Gasteiger partial charge in [-0.15, -0.1) is 0 Å². The van der Waals surface area contributed by atoms with Crippen LogP contribution in [-0.4, -0.2) is 5.78 Å². The molecule has 3 rings (SSSR count). The number of nitrogen functional groups attached to an aromatic ring is 1. The Bertz CT molecular complexity index is 722. The number of hydrogen-bond acceptors (Lipinski definition) is 3. The van der Waals surface area contributed by atoms with Gasteiger partial charge in [0, 0.05) is 23.2 Å². The van der Waals surface area contributed by atoms with Crippen molar-refractivity contribution in [2.45, 2.75) is 18.8 Å². The Hall–Kier alpha value is -2.26. The monoisotopic (exact) mass is 312 g/mol. The largest absolute Gasteiger partial charge is 0.397 e. The van der Waals surface area contributed by atoms with Gasteiger partial charge in [-0.05, 0) is 42.2 Å². The molecule has 0 saturated carbocycles. The van der Waals surface area contributed by atoms with Crippen molar-refractivity contribution >= 4 is 28.8 Å². The molecule has 0 fully saturated rings. The number of rotatable bonds is 3. The first kappa shape index (κ1) is 14.7. The average molecular weight is 313 g/mol. The summed E-state index contributed by atoms with van der Waals surface area (Å²) in [4.78, 5) is 12.0. The van der Waals surface area contributed by atoms with Crippen LogP contribution in [0.5, 0.6) is 0 Å². The van der Waals surface area contributed by atoms with E-state index in [2.05, 4.69) is 5.32 Å². The van der Waals surface area contributed by atoms with Gasteiger partial charge in [-0.1, -0.05) is 35.9 Å². The molecule has 0 saturated heterocycles. The number of allylic oxidation sites excluding steroid dienone is 2. The predicted molar refractivity (Wildman–Crippen MR) is 91.0 cm³/mol. The zero-order chi connectivity index (χ0) is 15.5. The molecule has 1 aliphatic carbocycles. The number of para-hydroxylation sites is 2. The third-order valence-corrected chi connectivity index (χ3v) is 4.10. The normalized spacial score (nSPS) is 18.0. The van der Waals surface area contributed by atoms with Gasteiger partial charge in [0.05, 0.1) is 11.4 Å². The van der Waals surface area contributed by atoms with E-state index in [0.717, 1.165) is 23.4 Å². The van der Waals surface area contributed by atoms with Crippen LogP contribution in [-0.2, 0) is 4.79 Å². The molecule has 3 N–H and O–H groups in total. The lowest BCUT2D eigenvalue weighted by atomic mass is 9.85. The number of halogens is 1. The summed E-state index contributed by atoms with van der Waals surface area (Å²) >= 11 is 5.93. The maximum absolute atomic E-state index is 12.0. The first-order valence-electron chi connectivity index (χ1n) is 7.22. The predicted octanol–water partition coefficient (Wildman–Crippen LogP) is 4.36. The highest BCUT2D eigenvalue weighted by Gasteiger charge is 2.22. The van der Waals surface area contributed by atoms with Crippen LogP contribution >= 0.6 is 11.6 Å². The second-order valence-corrected chi connectivity index (χ2v) is 5.94. The van der Waals surface area contributed by atoms with E-state index in [1.54, 1.807) is 6.08 Å². The van der Waals surface area contributed by atoms with E-state index in [-0.39, 0.29) is 11.7 Å². The van der Waals surface area contributed by atoms with Crippen LogP contribution in [0.4, 0.5) is 11.4 Å². The topological polar surface area (TPSA) is 55.1 Å².